The Morgan fingerprint density at radius 2 is 1.79 bits per heavy atom. The number of carbonyl (C=O) groups is 2. The second-order valence-corrected chi connectivity index (χ2v) is 7.98. The first kappa shape index (κ1) is 19.6. The number of thiophene rings is 1. The van der Waals surface area contributed by atoms with Crippen LogP contribution >= 0.6 is 22.9 Å². The number of rotatable bonds is 3. The zero-order chi connectivity index (χ0) is 20.5. The largest absolute Gasteiger partial charge is 0.360 e. The molecule has 150 valence electrons. The van der Waals surface area contributed by atoms with Crippen LogP contribution in [0.25, 0.3) is 11.3 Å². The van der Waals surface area contributed by atoms with Crippen molar-refractivity contribution < 1.29 is 18.5 Å². The molecule has 1 saturated heterocycles. The number of halogens is 2. The second kappa shape index (κ2) is 7.96. The average Bonchev–Trinajstić information content (AvgIpc) is 3.37. The van der Waals surface area contributed by atoms with Gasteiger partial charge in [-0.05, 0) is 30.5 Å². The zero-order valence-corrected chi connectivity index (χ0v) is 17.1. The Bertz CT molecular complexity index is 1040. The first-order valence-corrected chi connectivity index (χ1v) is 10.3. The van der Waals surface area contributed by atoms with E-state index in [-0.39, 0.29) is 33.7 Å². The molecule has 1 fully saturated rings. The van der Waals surface area contributed by atoms with Crippen LogP contribution in [0.1, 0.15) is 25.8 Å². The van der Waals surface area contributed by atoms with Crippen LogP contribution in [0, 0.1) is 12.7 Å². The second-order valence-electron chi connectivity index (χ2n) is 6.62. The Hall–Kier alpha value is -2.71. The summed E-state index contributed by atoms with van der Waals surface area (Å²) < 4.78 is 19.6. The van der Waals surface area contributed by atoms with Crippen molar-refractivity contribution in [1.82, 2.24) is 15.0 Å². The van der Waals surface area contributed by atoms with E-state index in [0.29, 0.717) is 36.8 Å². The van der Waals surface area contributed by atoms with Gasteiger partial charge >= 0.3 is 0 Å². The molecule has 0 aliphatic carbocycles. The molecule has 1 aliphatic heterocycles. The van der Waals surface area contributed by atoms with Crippen molar-refractivity contribution in [2.75, 3.05) is 26.2 Å². The maximum absolute atomic E-state index is 14.4. The average molecular weight is 434 g/mol. The Balaban J connectivity index is 1.55. The highest BCUT2D eigenvalue weighted by Gasteiger charge is 2.31. The maximum Gasteiger partial charge on any atom is 0.264 e. The van der Waals surface area contributed by atoms with Crippen LogP contribution in [-0.4, -0.2) is 52.9 Å². The van der Waals surface area contributed by atoms with Crippen molar-refractivity contribution in [1.29, 1.82) is 0 Å². The lowest BCUT2D eigenvalue weighted by Gasteiger charge is -2.34. The molecular formula is C20H17ClFN3O3S. The van der Waals surface area contributed by atoms with Crippen molar-refractivity contribution >= 4 is 34.8 Å². The lowest BCUT2D eigenvalue weighted by molar-refractivity contribution is 0.0537. The van der Waals surface area contributed by atoms with Crippen LogP contribution in [-0.2, 0) is 0 Å². The smallest absolute Gasteiger partial charge is 0.264 e. The van der Waals surface area contributed by atoms with Gasteiger partial charge in [-0.25, -0.2) is 4.39 Å². The van der Waals surface area contributed by atoms with Crippen LogP contribution < -0.4 is 0 Å². The number of nitrogens with zero attached hydrogens (tertiary/aromatic N) is 3. The quantitative estimate of drug-likeness (QED) is 0.623. The minimum atomic E-state index is -0.578. The van der Waals surface area contributed by atoms with Gasteiger partial charge in [-0.15, -0.1) is 11.3 Å². The summed E-state index contributed by atoms with van der Waals surface area (Å²) in [6.07, 6.45) is 0. The number of piperazine rings is 1. The lowest BCUT2D eigenvalue weighted by Crippen LogP contribution is -2.50. The molecule has 6 nitrogen and oxygen atoms in total. The third-order valence-corrected chi connectivity index (χ3v) is 6.04. The lowest BCUT2D eigenvalue weighted by atomic mass is 10.0. The molecule has 3 aromatic rings. The number of aryl methyl sites for hydroxylation is 1. The summed E-state index contributed by atoms with van der Waals surface area (Å²) in [6, 6.07) is 7.90. The third kappa shape index (κ3) is 3.65. The molecule has 1 aliphatic rings. The summed E-state index contributed by atoms with van der Waals surface area (Å²) in [4.78, 5) is 29.7. The summed E-state index contributed by atoms with van der Waals surface area (Å²) >= 11 is 7.54. The molecule has 0 atom stereocenters. The fraction of sp³-hybridized carbons (Fsp3) is 0.250. The summed E-state index contributed by atoms with van der Waals surface area (Å²) in [6.45, 7) is 3.18. The fourth-order valence-electron chi connectivity index (χ4n) is 3.35. The fourth-order valence-corrected chi connectivity index (χ4v) is 4.29. The summed E-state index contributed by atoms with van der Waals surface area (Å²) in [5, 5.41) is 5.90. The molecule has 0 saturated carbocycles. The summed E-state index contributed by atoms with van der Waals surface area (Å²) in [5.41, 5.74) is 0.323. The van der Waals surface area contributed by atoms with E-state index in [0.717, 1.165) is 0 Å². The van der Waals surface area contributed by atoms with Gasteiger partial charge in [0.2, 0.25) is 0 Å². The van der Waals surface area contributed by atoms with E-state index >= 15 is 0 Å². The molecule has 1 aromatic carbocycles. The van der Waals surface area contributed by atoms with Crippen molar-refractivity contribution in [2.45, 2.75) is 6.92 Å². The molecular weight excluding hydrogens is 417 g/mol. The summed E-state index contributed by atoms with van der Waals surface area (Å²) in [5.74, 6) is -0.638. The van der Waals surface area contributed by atoms with Crippen molar-refractivity contribution in [3.05, 3.63) is 62.8 Å². The molecule has 9 heteroatoms. The molecule has 0 N–H and O–H groups in total. The van der Waals surface area contributed by atoms with E-state index < -0.39 is 5.82 Å². The normalized spacial score (nSPS) is 14.3. The zero-order valence-electron chi connectivity index (χ0n) is 15.5. The number of hydrogen-bond donors (Lipinski definition) is 0. The van der Waals surface area contributed by atoms with E-state index in [1.54, 1.807) is 22.8 Å². The predicted molar refractivity (Wildman–Crippen MR) is 108 cm³/mol. The molecule has 3 heterocycles. The highest BCUT2D eigenvalue weighted by atomic mass is 35.5. The number of carbonyl (C=O) groups excluding carboxylic acids is 2. The molecule has 4 rings (SSSR count). The van der Waals surface area contributed by atoms with E-state index in [9.17, 15) is 14.0 Å². The van der Waals surface area contributed by atoms with Gasteiger partial charge in [-0.2, -0.15) is 0 Å². The first-order chi connectivity index (χ1) is 14.0. The molecule has 2 aromatic heterocycles. The monoisotopic (exact) mass is 433 g/mol. The molecule has 0 spiro atoms. The van der Waals surface area contributed by atoms with E-state index in [2.05, 4.69) is 5.16 Å². The topological polar surface area (TPSA) is 66.7 Å². The number of aromatic nitrogens is 1. The van der Waals surface area contributed by atoms with Gasteiger partial charge in [0.25, 0.3) is 11.8 Å². The standard InChI is InChI=1S/C20H17ClFN3O3S/c1-12-16(18(23-28-12)17-13(21)4-2-5-14(17)22)20(27)25-9-7-24(8-10-25)19(26)15-6-3-11-29-15/h2-6,11H,7-10H2,1H3. The van der Waals surface area contributed by atoms with E-state index in [1.807, 2.05) is 11.4 Å². The number of benzene rings is 1. The van der Waals surface area contributed by atoms with E-state index in [1.165, 1.54) is 29.5 Å². The van der Waals surface area contributed by atoms with Gasteiger partial charge in [0.1, 0.15) is 22.8 Å². The van der Waals surface area contributed by atoms with Gasteiger partial charge in [-0.3, -0.25) is 9.59 Å². The first-order valence-electron chi connectivity index (χ1n) is 9.00. The Morgan fingerprint density at radius 1 is 1.10 bits per heavy atom. The van der Waals surface area contributed by atoms with Crippen molar-refractivity contribution in [2.24, 2.45) is 0 Å². The third-order valence-electron chi connectivity index (χ3n) is 4.86. The Labute approximate surface area is 175 Å². The van der Waals surface area contributed by atoms with Crippen LogP contribution in [0.3, 0.4) is 0 Å². The van der Waals surface area contributed by atoms with Crippen LogP contribution in [0.2, 0.25) is 5.02 Å². The highest BCUT2D eigenvalue weighted by Crippen LogP contribution is 2.34. The molecule has 0 radical (unpaired) electrons. The SMILES string of the molecule is Cc1onc(-c2c(F)cccc2Cl)c1C(=O)N1CCN(C(=O)c2cccs2)CC1. The number of hydrogen-bond acceptors (Lipinski definition) is 5. The van der Waals surface area contributed by atoms with Gasteiger partial charge in [0.05, 0.1) is 15.5 Å². The minimum Gasteiger partial charge on any atom is -0.360 e. The minimum absolute atomic E-state index is 0.0351. The van der Waals surface area contributed by atoms with Crippen LogP contribution in [0.4, 0.5) is 4.39 Å². The number of amides is 2. The predicted octanol–water partition coefficient (Wildman–Crippen LogP) is 4.10. The molecule has 29 heavy (non-hydrogen) atoms. The molecule has 0 bridgehead atoms. The highest BCUT2D eigenvalue weighted by molar-refractivity contribution is 7.12. The van der Waals surface area contributed by atoms with Gasteiger partial charge in [-0.1, -0.05) is 28.9 Å². The Kier molecular flexibility index (Phi) is 5.38. The van der Waals surface area contributed by atoms with Crippen LogP contribution in [0.15, 0.2) is 40.2 Å². The molecule has 0 unspecified atom stereocenters. The van der Waals surface area contributed by atoms with Crippen LogP contribution in [0.5, 0.6) is 0 Å². The van der Waals surface area contributed by atoms with Gasteiger partial charge < -0.3 is 14.3 Å². The summed E-state index contributed by atoms with van der Waals surface area (Å²) in [7, 11) is 0. The van der Waals surface area contributed by atoms with Gasteiger partial charge in [0, 0.05) is 26.2 Å². The Morgan fingerprint density at radius 3 is 2.41 bits per heavy atom. The maximum atomic E-state index is 14.4. The van der Waals surface area contributed by atoms with E-state index in [4.69, 9.17) is 16.1 Å². The van der Waals surface area contributed by atoms with Crippen molar-refractivity contribution in [3.63, 3.8) is 0 Å². The van der Waals surface area contributed by atoms with Gasteiger partial charge in [0.15, 0.2) is 0 Å². The van der Waals surface area contributed by atoms with Crippen molar-refractivity contribution in [3.8, 4) is 11.3 Å². The molecule has 2 amide bonds.